The molecule has 1 unspecified atom stereocenters. The number of anilines is 1. The van der Waals surface area contributed by atoms with Crippen LogP contribution in [0.1, 0.15) is 31.0 Å². The van der Waals surface area contributed by atoms with Crippen molar-refractivity contribution in [3.63, 3.8) is 0 Å². The van der Waals surface area contributed by atoms with Crippen molar-refractivity contribution in [2.24, 2.45) is 5.92 Å². The Bertz CT molecular complexity index is 1330. The van der Waals surface area contributed by atoms with Gasteiger partial charge in [0.25, 0.3) is 0 Å². The first-order valence-electron chi connectivity index (χ1n) is 11.9. The standard InChI is InChI=1S/C26H28FN5O2S/c1-3-34-22-11-9-18(10-12-22)15-28-25(33)19-6-5-13-31(16-19)26-29-24-23(35-26)17(2)30-32(24)21-8-4-7-20(27)14-21/h4,7-12,14,19H,3,5-6,13,15-16H2,1-2H3,(H,28,33). The van der Waals surface area contributed by atoms with E-state index in [9.17, 15) is 9.18 Å². The van der Waals surface area contributed by atoms with Crippen molar-refractivity contribution in [1.29, 1.82) is 0 Å². The number of amides is 1. The van der Waals surface area contributed by atoms with Gasteiger partial charge in [0.15, 0.2) is 10.8 Å². The number of piperidine rings is 1. The molecule has 7 nitrogen and oxygen atoms in total. The number of hydrogen-bond donors (Lipinski definition) is 1. The molecule has 0 aliphatic carbocycles. The van der Waals surface area contributed by atoms with Crippen LogP contribution in [0.4, 0.5) is 9.52 Å². The van der Waals surface area contributed by atoms with Crippen LogP contribution in [-0.2, 0) is 11.3 Å². The van der Waals surface area contributed by atoms with Gasteiger partial charge in [-0.3, -0.25) is 4.79 Å². The van der Waals surface area contributed by atoms with Gasteiger partial charge in [-0.2, -0.15) is 10.1 Å². The number of rotatable bonds is 7. The lowest BCUT2D eigenvalue weighted by Gasteiger charge is -2.31. The maximum Gasteiger partial charge on any atom is 0.225 e. The summed E-state index contributed by atoms with van der Waals surface area (Å²) in [5, 5.41) is 8.52. The van der Waals surface area contributed by atoms with Crippen LogP contribution in [0, 0.1) is 18.7 Å². The van der Waals surface area contributed by atoms with Gasteiger partial charge in [0.1, 0.15) is 11.6 Å². The molecule has 1 N–H and O–H groups in total. The van der Waals surface area contributed by atoms with E-state index in [-0.39, 0.29) is 17.6 Å². The van der Waals surface area contributed by atoms with Crippen LogP contribution in [0.2, 0.25) is 0 Å². The van der Waals surface area contributed by atoms with Crippen molar-refractivity contribution in [1.82, 2.24) is 20.1 Å². The van der Waals surface area contributed by atoms with Gasteiger partial charge >= 0.3 is 0 Å². The summed E-state index contributed by atoms with van der Waals surface area (Å²) in [5.41, 5.74) is 3.26. The minimum Gasteiger partial charge on any atom is -0.494 e. The number of carbonyl (C=O) groups excluding carboxylic acids is 1. The molecule has 4 aromatic rings. The predicted molar refractivity (Wildman–Crippen MR) is 136 cm³/mol. The number of carbonyl (C=O) groups is 1. The summed E-state index contributed by atoms with van der Waals surface area (Å²) in [6, 6.07) is 14.2. The second-order valence-corrected chi connectivity index (χ2v) is 9.68. The SMILES string of the molecule is CCOc1ccc(CNC(=O)C2CCCN(c3nc4c(s3)c(C)nn4-c3cccc(F)c3)C2)cc1. The fraction of sp³-hybridized carbons (Fsp3) is 0.346. The molecule has 1 amide bonds. The molecule has 0 bridgehead atoms. The molecular formula is C26H28FN5O2S. The van der Waals surface area contributed by atoms with E-state index < -0.39 is 0 Å². The van der Waals surface area contributed by atoms with E-state index in [0.717, 1.165) is 51.9 Å². The van der Waals surface area contributed by atoms with Crippen LogP contribution in [0.25, 0.3) is 16.0 Å². The van der Waals surface area contributed by atoms with E-state index in [1.54, 1.807) is 22.1 Å². The van der Waals surface area contributed by atoms with Crippen molar-refractivity contribution >= 4 is 32.7 Å². The summed E-state index contributed by atoms with van der Waals surface area (Å²) in [6.07, 6.45) is 1.78. The minimum atomic E-state index is -0.311. The zero-order chi connectivity index (χ0) is 24.4. The van der Waals surface area contributed by atoms with Gasteiger partial charge in [-0.15, -0.1) is 0 Å². The number of thiazole rings is 1. The quantitative estimate of drug-likeness (QED) is 0.398. The Labute approximate surface area is 207 Å². The molecule has 1 saturated heterocycles. The molecule has 1 aliphatic rings. The number of ether oxygens (including phenoxy) is 1. The predicted octanol–water partition coefficient (Wildman–Crippen LogP) is 4.86. The topological polar surface area (TPSA) is 72.3 Å². The summed E-state index contributed by atoms with van der Waals surface area (Å²) in [6.45, 7) is 6.49. The summed E-state index contributed by atoms with van der Waals surface area (Å²) in [7, 11) is 0. The van der Waals surface area contributed by atoms with Gasteiger partial charge in [0.2, 0.25) is 5.91 Å². The van der Waals surface area contributed by atoms with Crippen molar-refractivity contribution in [3.05, 3.63) is 65.6 Å². The molecule has 5 rings (SSSR count). The van der Waals surface area contributed by atoms with Crippen LogP contribution in [-0.4, -0.2) is 40.4 Å². The highest BCUT2D eigenvalue weighted by atomic mass is 32.1. The number of benzene rings is 2. The lowest BCUT2D eigenvalue weighted by Crippen LogP contribution is -2.43. The van der Waals surface area contributed by atoms with Crippen molar-refractivity contribution in [2.45, 2.75) is 33.2 Å². The number of nitrogens with zero attached hydrogens (tertiary/aromatic N) is 4. The monoisotopic (exact) mass is 493 g/mol. The Kier molecular flexibility index (Phi) is 6.68. The van der Waals surface area contributed by atoms with E-state index in [0.29, 0.717) is 25.4 Å². The summed E-state index contributed by atoms with van der Waals surface area (Å²) in [5.74, 6) is 0.484. The number of aryl methyl sites for hydroxylation is 1. The molecule has 1 aliphatic heterocycles. The van der Waals surface area contributed by atoms with Crippen molar-refractivity contribution in [3.8, 4) is 11.4 Å². The van der Waals surface area contributed by atoms with Crippen LogP contribution in [0.5, 0.6) is 5.75 Å². The molecule has 3 heterocycles. The average Bonchev–Trinajstić information content (AvgIpc) is 3.44. The molecular weight excluding hydrogens is 465 g/mol. The summed E-state index contributed by atoms with van der Waals surface area (Å²) in [4.78, 5) is 20.0. The molecule has 2 aromatic heterocycles. The fourth-order valence-corrected chi connectivity index (χ4v) is 5.44. The van der Waals surface area contributed by atoms with Crippen molar-refractivity contribution in [2.75, 3.05) is 24.6 Å². The van der Waals surface area contributed by atoms with Crippen LogP contribution < -0.4 is 15.0 Å². The number of aromatic nitrogens is 3. The van der Waals surface area contributed by atoms with Gasteiger partial charge < -0.3 is 15.0 Å². The second kappa shape index (κ2) is 10.0. The smallest absolute Gasteiger partial charge is 0.225 e. The second-order valence-electron chi connectivity index (χ2n) is 8.71. The Morgan fingerprint density at radius 2 is 2.09 bits per heavy atom. The van der Waals surface area contributed by atoms with E-state index in [4.69, 9.17) is 9.72 Å². The number of halogens is 1. The number of fused-ring (bicyclic) bond motifs is 1. The molecule has 0 spiro atoms. The normalized spacial score (nSPS) is 16.0. The lowest BCUT2D eigenvalue weighted by atomic mass is 9.97. The maximum absolute atomic E-state index is 13.8. The Morgan fingerprint density at radius 3 is 2.86 bits per heavy atom. The highest BCUT2D eigenvalue weighted by Crippen LogP contribution is 2.34. The first-order valence-corrected chi connectivity index (χ1v) is 12.7. The molecule has 0 saturated carbocycles. The third kappa shape index (κ3) is 5.00. The van der Waals surface area contributed by atoms with Crippen LogP contribution in [0.3, 0.4) is 0 Å². The highest BCUT2D eigenvalue weighted by molar-refractivity contribution is 7.22. The first kappa shape index (κ1) is 23.3. The van der Waals surface area contributed by atoms with E-state index >= 15 is 0 Å². The van der Waals surface area contributed by atoms with Gasteiger partial charge in [-0.05, 0) is 62.6 Å². The number of hydrogen-bond acceptors (Lipinski definition) is 6. The van der Waals surface area contributed by atoms with Crippen LogP contribution in [0.15, 0.2) is 48.5 Å². The molecule has 0 radical (unpaired) electrons. The van der Waals surface area contributed by atoms with E-state index in [1.165, 1.54) is 12.1 Å². The Hall–Kier alpha value is -3.46. The summed E-state index contributed by atoms with van der Waals surface area (Å²) >= 11 is 1.57. The molecule has 182 valence electrons. The third-order valence-corrected chi connectivity index (χ3v) is 7.41. The largest absolute Gasteiger partial charge is 0.494 e. The Morgan fingerprint density at radius 1 is 1.26 bits per heavy atom. The van der Waals surface area contributed by atoms with Crippen LogP contribution >= 0.6 is 11.3 Å². The zero-order valence-electron chi connectivity index (χ0n) is 19.8. The lowest BCUT2D eigenvalue weighted by molar-refractivity contribution is -0.125. The van der Waals surface area contributed by atoms with Gasteiger partial charge in [0, 0.05) is 19.6 Å². The van der Waals surface area contributed by atoms with Gasteiger partial charge in [-0.1, -0.05) is 29.5 Å². The molecule has 2 aromatic carbocycles. The third-order valence-electron chi connectivity index (χ3n) is 6.19. The fourth-order valence-electron chi connectivity index (χ4n) is 4.41. The minimum absolute atomic E-state index is 0.0619. The molecule has 35 heavy (non-hydrogen) atoms. The molecule has 1 atom stereocenters. The average molecular weight is 494 g/mol. The number of nitrogens with one attached hydrogen (secondary N) is 1. The molecule has 1 fully saturated rings. The first-order chi connectivity index (χ1) is 17.0. The van der Waals surface area contributed by atoms with Gasteiger partial charge in [-0.25, -0.2) is 9.07 Å². The van der Waals surface area contributed by atoms with Gasteiger partial charge in [0.05, 0.1) is 28.6 Å². The van der Waals surface area contributed by atoms with E-state index in [1.807, 2.05) is 44.2 Å². The maximum atomic E-state index is 13.8. The highest BCUT2D eigenvalue weighted by Gasteiger charge is 2.28. The van der Waals surface area contributed by atoms with E-state index in [2.05, 4.69) is 15.3 Å². The summed E-state index contributed by atoms with van der Waals surface area (Å²) < 4.78 is 21.9. The molecule has 9 heteroatoms. The van der Waals surface area contributed by atoms with Crippen molar-refractivity contribution < 1.29 is 13.9 Å². The Balaban J connectivity index is 1.27. The zero-order valence-corrected chi connectivity index (χ0v) is 20.6.